The van der Waals surface area contributed by atoms with Crippen molar-refractivity contribution in [3.63, 3.8) is 0 Å². The van der Waals surface area contributed by atoms with Gasteiger partial charge in [0.05, 0.1) is 0 Å². The Bertz CT molecular complexity index is 1770. The van der Waals surface area contributed by atoms with Crippen molar-refractivity contribution in [1.82, 2.24) is 0 Å². The van der Waals surface area contributed by atoms with Crippen LogP contribution >= 0.6 is 0 Å². The smallest absolute Gasteiger partial charge is 0.000740 e. The topological polar surface area (TPSA) is 0 Å². The summed E-state index contributed by atoms with van der Waals surface area (Å²) in [5.74, 6) is 22.0. The van der Waals surface area contributed by atoms with Crippen molar-refractivity contribution in [2.45, 2.75) is 25.7 Å². The van der Waals surface area contributed by atoms with Crippen LogP contribution in [0.4, 0.5) is 0 Å². The molecule has 164 valence electrons. The summed E-state index contributed by atoms with van der Waals surface area (Å²) < 4.78 is 0. The third kappa shape index (κ3) is 0.272. The van der Waals surface area contributed by atoms with Gasteiger partial charge < -0.3 is 0 Å². The van der Waals surface area contributed by atoms with E-state index >= 15 is 0 Å². The van der Waals surface area contributed by atoms with Gasteiger partial charge in [-0.05, 0) is 202 Å². The van der Waals surface area contributed by atoms with Crippen LogP contribution in [0.15, 0.2) is 0 Å². The van der Waals surface area contributed by atoms with E-state index in [0.717, 1.165) is 81.2 Å². The Morgan fingerprint density at radius 3 is 0.914 bits per heavy atom. The molecular formula is C35H24. The van der Waals surface area contributed by atoms with E-state index in [-0.39, 0.29) is 0 Å². The SMILES string of the molecule is C1C2C3C4CC5C6C7C8C9CC%10C%11C%12CC%13C%14C%15C%16C1C21C32C45C63C74C85C%109C%116C%12%13C%147C%158C%161C23C84C675. The van der Waals surface area contributed by atoms with Gasteiger partial charge in [-0.25, -0.2) is 0 Å². The fourth-order valence-electron chi connectivity index (χ4n) is 36.5. The molecule has 24 rings (SSSR count). The lowest BCUT2D eigenvalue weighted by Crippen LogP contribution is -3.58. The summed E-state index contributed by atoms with van der Waals surface area (Å²) in [4.78, 5) is 0. The fourth-order valence-corrected chi connectivity index (χ4v) is 36.5. The predicted molar refractivity (Wildman–Crippen MR) is 111 cm³/mol. The van der Waals surface area contributed by atoms with E-state index in [4.69, 9.17) is 0 Å². The van der Waals surface area contributed by atoms with E-state index < -0.39 is 0 Å². The first-order chi connectivity index (χ1) is 17.4. The number of rotatable bonds is 0. The predicted octanol–water partition coefficient (Wildman–Crippen LogP) is 3.53. The molecule has 24 aliphatic rings. The monoisotopic (exact) mass is 444 g/mol. The van der Waals surface area contributed by atoms with Crippen molar-refractivity contribution in [3.8, 4) is 0 Å². The second-order valence-corrected chi connectivity index (χ2v) is 22.2. The molecule has 0 bridgehead atoms. The summed E-state index contributed by atoms with van der Waals surface area (Å²) in [7, 11) is 0. The molecule has 0 heterocycles. The zero-order valence-electron chi connectivity index (χ0n) is 19.6. The molecule has 24 saturated carbocycles. The summed E-state index contributed by atoms with van der Waals surface area (Å²) in [6.07, 6.45) is 7.24. The molecule has 0 N–H and O–H groups in total. The fraction of sp³-hybridized carbons (Fsp3) is 1.00. The van der Waals surface area contributed by atoms with Crippen LogP contribution in [0.25, 0.3) is 0 Å². The molecule has 0 aromatic heterocycles. The van der Waals surface area contributed by atoms with E-state index in [1.807, 2.05) is 25.7 Å². The largest absolute Gasteiger partial charge is 0.0458 e. The van der Waals surface area contributed by atoms with E-state index in [1.54, 1.807) is 0 Å². The van der Waals surface area contributed by atoms with Crippen LogP contribution in [0.2, 0.25) is 0 Å². The minimum Gasteiger partial charge on any atom is -0.0458 e. The van der Waals surface area contributed by atoms with Crippen LogP contribution in [0, 0.1) is 176 Å². The van der Waals surface area contributed by atoms with E-state index in [0.29, 0.717) is 0 Å². The molecule has 0 aliphatic heterocycles. The summed E-state index contributed by atoms with van der Waals surface area (Å²) in [6.45, 7) is 0. The maximum atomic E-state index is 1.81. The number of hydrogen-bond acceptors (Lipinski definition) is 0. The van der Waals surface area contributed by atoms with Crippen LogP contribution in [-0.2, 0) is 0 Å². The molecular weight excluding hydrogens is 420 g/mol. The lowest BCUT2D eigenvalue weighted by Gasteiger charge is -3.59. The van der Waals surface area contributed by atoms with E-state index in [2.05, 4.69) is 0 Å². The van der Waals surface area contributed by atoms with Crippen molar-refractivity contribution in [3.05, 3.63) is 0 Å². The zero-order chi connectivity index (χ0) is 19.6. The van der Waals surface area contributed by atoms with Gasteiger partial charge in [0.25, 0.3) is 0 Å². The van der Waals surface area contributed by atoms with Gasteiger partial charge >= 0.3 is 0 Å². The lowest BCUT2D eigenvalue weighted by atomic mass is 8.43. The highest BCUT2D eigenvalue weighted by molar-refractivity contribution is 6.04. The van der Waals surface area contributed by atoms with Crippen LogP contribution in [0.5, 0.6) is 0 Å². The molecule has 15 spiro atoms. The van der Waals surface area contributed by atoms with E-state index in [1.165, 1.54) is 94.7 Å². The Labute approximate surface area is 201 Å². The van der Waals surface area contributed by atoms with Crippen molar-refractivity contribution >= 4 is 0 Å². The molecule has 24 aliphatic carbocycles. The van der Waals surface area contributed by atoms with Crippen molar-refractivity contribution in [2.75, 3.05) is 0 Å². The standard InChI is InChI=1S/C35H24/c1-5-13-6-2-10-17-20-18-12-4-8-14-7-3-11-16-19-15-9(1)21(5)25(13)22(6,10)29(17)32(20)30(18)24(8,12)26(14)23(7,11)28(16)31(19)27(15,21)33(25,29)35(31,32)34(26,28)30/h5-20H,1-4H2. The Morgan fingerprint density at radius 1 is 0.257 bits per heavy atom. The molecule has 0 aromatic rings. The Hall–Kier alpha value is 0. The average Bonchev–Trinajstić information content (AvgIpc) is 2.71. The second-order valence-electron chi connectivity index (χ2n) is 22.2. The van der Waals surface area contributed by atoms with Gasteiger partial charge in [-0.2, -0.15) is 0 Å². The van der Waals surface area contributed by atoms with Gasteiger partial charge in [0, 0.05) is 0 Å². The highest BCUT2D eigenvalue weighted by atomic mass is 15.6. The molecule has 20 unspecified atom stereocenters. The normalized spacial score (nSPS) is 134. The van der Waals surface area contributed by atoms with Gasteiger partial charge in [0.2, 0.25) is 0 Å². The van der Waals surface area contributed by atoms with Crippen LogP contribution in [0.1, 0.15) is 25.7 Å². The Kier molecular flexibility index (Phi) is 0.631. The third-order valence-electron chi connectivity index (χ3n) is 29.3. The van der Waals surface area contributed by atoms with Gasteiger partial charge in [-0.3, -0.25) is 0 Å². The van der Waals surface area contributed by atoms with Gasteiger partial charge in [0.1, 0.15) is 0 Å². The van der Waals surface area contributed by atoms with Crippen molar-refractivity contribution < 1.29 is 0 Å². The molecule has 0 heteroatoms. The maximum Gasteiger partial charge on any atom is -0.000740 e. The minimum atomic E-state index is 1.11. The summed E-state index contributed by atoms with van der Waals surface area (Å²) >= 11 is 0. The number of fused-ring (bicyclic) bond motifs is 12. The van der Waals surface area contributed by atoms with Gasteiger partial charge in [0.15, 0.2) is 0 Å². The molecule has 20 atom stereocenters. The first-order valence-electron chi connectivity index (χ1n) is 17.4. The van der Waals surface area contributed by atoms with Gasteiger partial charge in [-0.15, -0.1) is 0 Å². The van der Waals surface area contributed by atoms with Crippen LogP contribution < -0.4 is 0 Å². The first-order valence-corrected chi connectivity index (χ1v) is 17.4. The Morgan fingerprint density at radius 2 is 0.571 bits per heavy atom. The quantitative estimate of drug-likeness (QED) is 0.536. The van der Waals surface area contributed by atoms with Gasteiger partial charge in [-0.1, -0.05) is 0 Å². The molecule has 0 aromatic carbocycles. The molecule has 0 nitrogen and oxygen atoms in total. The Balaban J connectivity index is 1.04. The summed E-state index contributed by atoms with van der Waals surface area (Å²) in [5.41, 5.74) is 16.9. The number of hydrogen-bond donors (Lipinski definition) is 0. The average molecular weight is 445 g/mol. The minimum absolute atomic E-state index is 1.11. The molecule has 24 fully saturated rings. The molecule has 0 radical (unpaired) electrons. The highest BCUT2D eigenvalue weighted by Gasteiger charge is 3.59. The maximum absolute atomic E-state index is 1.81. The molecule has 35 heavy (non-hydrogen) atoms. The summed E-state index contributed by atoms with van der Waals surface area (Å²) in [5, 5.41) is 0. The van der Waals surface area contributed by atoms with Crippen LogP contribution in [0.3, 0.4) is 0 Å². The lowest BCUT2D eigenvalue weighted by molar-refractivity contribution is -1.14. The first kappa shape index (κ1) is 12.0. The van der Waals surface area contributed by atoms with E-state index in [9.17, 15) is 0 Å². The zero-order valence-corrected chi connectivity index (χ0v) is 19.6. The summed E-state index contributed by atoms with van der Waals surface area (Å²) in [6, 6.07) is 0. The van der Waals surface area contributed by atoms with Crippen molar-refractivity contribution in [2.24, 2.45) is 176 Å². The van der Waals surface area contributed by atoms with Crippen LogP contribution in [-0.4, -0.2) is 0 Å². The second kappa shape index (κ2) is 1.84. The molecule has 0 saturated heterocycles. The molecule has 0 amide bonds. The highest BCUT2D eigenvalue weighted by Crippen LogP contribution is 3.61. The third-order valence-corrected chi connectivity index (χ3v) is 29.3. The van der Waals surface area contributed by atoms with Crippen molar-refractivity contribution in [1.29, 1.82) is 0 Å².